The van der Waals surface area contributed by atoms with Gasteiger partial charge in [0.05, 0.1) is 5.56 Å². The Morgan fingerprint density at radius 2 is 1.88 bits per heavy atom. The third kappa shape index (κ3) is 3.22. The largest absolute Gasteiger partial charge is 0.436 e. The van der Waals surface area contributed by atoms with Crippen molar-refractivity contribution in [1.82, 2.24) is 9.97 Å². The summed E-state index contributed by atoms with van der Waals surface area (Å²) in [4.78, 5) is 20.5. The monoisotopic (exact) mass is 350 g/mol. The van der Waals surface area contributed by atoms with Crippen LogP contribution in [0.4, 0.5) is 0 Å². The molecule has 0 spiro atoms. The molecule has 0 saturated heterocycles. The van der Waals surface area contributed by atoms with Crippen LogP contribution in [0.5, 0.6) is 5.75 Å². The Balaban J connectivity index is 1.62. The zero-order chi connectivity index (χ0) is 17.2. The van der Waals surface area contributed by atoms with Crippen molar-refractivity contribution >= 4 is 28.7 Å². The van der Waals surface area contributed by atoms with Crippen molar-refractivity contribution in [3.8, 4) is 17.2 Å². The molecule has 0 radical (unpaired) electrons. The van der Waals surface area contributed by atoms with E-state index in [-0.39, 0.29) is 5.15 Å². The smallest absolute Gasteiger partial charge is 0.343 e. The van der Waals surface area contributed by atoms with Crippen molar-refractivity contribution in [1.29, 1.82) is 0 Å². The number of fused-ring (bicyclic) bond motifs is 1. The number of ether oxygens (including phenoxy) is 1. The maximum atomic E-state index is 12.2. The van der Waals surface area contributed by atoms with Gasteiger partial charge in [-0.05, 0) is 36.4 Å². The van der Waals surface area contributed by atoms with Gasteiger partial charge < -0.3 is 9.15 Å². The van der Waals surface area contributed by atoms with Gasteiger partial charge in [0, 0.05) is 17.8 Å². The van der Waals surface area contributed by atoms with E-state index in [0.29, 0.717) is 28.3 Å². The predicted octanol–water partition coefficient (Wildman–Crippen LogP) is 4.76. The number of aromatic nitrogens is 2. The summed E-state index contributed by atoms with van der Waals surface area (Å²) in [5.41, 5.74) is 2.42. The molecular weight excluding hydrogens is 340 g/mol. The van der Waals surface area contributed by atoms with E-state index in [1.165, 1.54) is 18.3 Å². The van der Waals surface area contributed by atoms with Gasteiger partial charge in [0.25, 0.3) is 0 Å². The summed E-state index contributed by atoms with van der Waals surface area (Å²) in [6.45, 7) is 0. The molecule has 25 heavy (non-hydrogen) atoms. The molecule has 122 valence electrons. The van der Waals surface area contributed by atoms with E-state index < -0.39 is 5.97 Å². The lowest BCUT2D eigenvalue weighted by molar-refractivity contribution is 0.0735. The summed E-state index contributed by atoms with van der Waals surface area (Å²) in [6.07, 6.45) is 1.45. The third-order valence-electron chi connectivity index (χ3n) is 3.55. The van der Waals surface area contributed by atoms with E-state index >= 15 is 0 Å². The van der Waals surface area contributed by atoms with Crippen LogP contribution in [0.2, 0.25) is 5.15 Å². The maximum absolute atomic E-state index is 12.2. The molecule has 0 unspecified atom stereocenters. The number of hydrogen-bond donors (Lipinski definition) is 0. The molecule has 2 heterocycles. The summed E-state index contributed by atoms with van der Waals surface area (Å²) in [6, 6.07) is 17.6. The Morgan fingerprint density at radius 3 is 2.68 bits per heavy atom. The van der Waals surface area contributed by atoms with Crippen molar-refractivity contribution in [2.75, 3.05) is 0 Å². The number of carbonyl (C=O) groups excluding carboxylic acids is 1. The van der Waals surface area contributed by atoms with Crippen LogP contribution in [0, 0.1) is 0 Å². The maximum Gasteiger partial charge on any atom is 0.343 e. The number of halogens is 1. The van der Waals surface area contributed by atoms with Crippen LogP contribution in [0.15, 0.2) is 71.3 Å². The number of benzene rings is 2. The molecule has 0 saturated carbocycles. The first-order chi connectivity index (χ1) is 12.2. The Labute approximate surface area is 147 Å². The van der Waals surface area contributed by atoms with Crippen LogP contribution in [0.25, 0.3) is 22.6 Å². The quantitative estimate of drug-likeness (QED) is 0.303. The molecule has 0 fully saturated rings. The molecule has 2 aromatic heterocycles. The summed E-state index contributed by atoms with van der Waals surface area (Å²) >= 11 is 5.79. The Bertz CT molecular complexity index is 1060. The highest BCUT2D eigenvalue weighted by atomic mass is 35.5. The molecular formula is C19H11ClN2O3. The summed E-state index contributed by atoms with van der Waals surface area (Å²) < 4.78 is 11.1. The van der Waals surface area contributed by atoms with Crippen molar-refractivity contribution in [3.05, 3.63) is 77.6 Å². The van der Waals surface area contributed by atoms with Crippen LogP contribution >= 0.6 is 11.6 Å². The standard InChI is InChI=1S/C19H11ClN2O3/c20-17-10-13(8-9-21-17)19(23)24-14-6-7-15-16(11-14)25-18(22-15)12-4-2-1-3-5-12/h1-11H. The number of esters is 1. The fraction of sp³-hybridized carbons (Fsp3) is 0. The lowest BCUT2D eigenvalue weighted by Crippen LogP contribution is -2.08. The van der Waals surface area contributed by atoms with E-state index in [9.17, 15) is 4.79 Å². The van der Waals surface area contributed by atoms with Crippen molar-refractivity contribution in [3.63, 3.8) is 0 Å². The van der Waals surface area contributed by atoms with Gasteiger partial charge in [0.2, 0.25) is 5.89 Å². The van der Waals surface area contributed by atoms with Gasteiger partial charge in [-0.2, -0.15) is 0 Å². The number of rotatable bonds is 3. The Hall–Kier alpha value is -3.18. The Morgan fingerprint density at radius 1 is 1.04 bits per heavy atom. The minimum absolute atomic E-state index is 0.229. The van der Waals surface area contributed by atoms with E-state index in [0.717, 1.165) is 5.56 Å². The van der Waals surface area contributed by atoms with Gasteiger partial charge in [-0.1, -0.05) is 29.8 Å². The van der Waals surface area contributed by atoms with Crippen molar-refractivity contribution < 1.29 is 13.9 Å². The normalized spacial score (nSPS) is 10.8. The van der Waals surface area contributed by atoms with E-state index in [1.54, 1.807) is 18.2 Å². The second kappa shape index (κ2) is 6.37. The molecule has 0 aliphatic carbocycles. The molecule has 0 atom stereocenters. The first-order valence-corrected chi connectivity index (χ1v) is 7.86. The van der Waals surface area contributed by atoms with Crippen molar-refractivity contribution in [2.24, 2.45) is 0 Å². The number of oxazole rings is 1. The lowest BCUT2D eigenvalue weighted by Gasteiger charge is -2.03. The molecule has 5 nitrogen and oxygen atoms in total. The number of carbonyl (C=O) groups is 1. The van der Waals surface area contributed by atoms with Crippen LogP contribution in [-0.4, -0.2) is 15.9 Å². The van der Waals surface area contributed by atoms with Crippen LogP contribution in [-0.2, 0) is 0 Å². The van der Waals surface area contributed by atoms with Crippen LogP contribution in [0.3, 0.4) is 0 Å². The summed E-state index contributed by atoms with van der Waals surface area (Å²) in [5, 5.41) is 0.229. The third-order valence-corrected chi connectivity index (χ3v) is 3.76. The minimum Gasteiger partial charge on any atom is -0.436 e. The second-order valence-corrected chi connectivity index (χ2v) is 5.66. The first-order valence-electron chi connectivity index (χ1n) is 7.49. The topological polar surface area (TPSA) is 65.2 Å². The van der Waals surface area contributed by atoms with Gasteiger partial charge >= 0.3 is 5.97 Å². The number of hydrogen-bond acceptors (Lipinski definition) is 5. The fourth-order valence-electron chi connectivity index (χ4n) is 2.37. The van der Waals surface area contributed by atoms with Crippen LogP contribution < -0.4 is 4.74 Å². The molecule has 6 heteroatoms. The first kappa shape index (κ1) is 15.4. The molecule has 0 aliphatic rings. The zero-order valence-electron chi connectivity index (χ0n) is 12.8. The van der Waals surface area contributed by atoms with E-state index in [4.69, 9.17) is 20.8 Å². The summed E-state index contributed by atoms with van der Waals surface area (Å²) in [7, 11) is 0. The highest BCUT2D eigenvalue weighted by Crippen LogP contribution is 2.27. The highest BCUT2D eigenvalue weighted by Gasteiger charge is 2.12. The lowest BCUT2D eigenvalue weighted by atomic mass is 10.2. The molecule has 4 rings (SSSR count). The van der Waals surface area contributed by atoms with Gasteiger partial charge in [0.1, 0.15) is 16.4 Å². The SMILES string of the molecule is O=C(Oc1ccc2nc(-c3ccccc3)oc2c1)c1ccnc(Cl)c1. The Kier molecular flexibility index (Phi) is 3.91. The van der Waals surface area contributed by atoms with Gasteiger partial charge in [-0.25, -0.2) is 14.8 Å². The summed E-state index contributed by atoms with van der Waals surface area (Å²) in [5.74, 6) is 0.354. The fourth-order valence-corrected chi connectivity index (χ4v) is 2.54. The minimum atomic E-state index is -0.522. The van der Waals surface area contributed by atoms with Crippen molar-refractivity contribution in [2.45, 2.75) is 0 Å². The van der Waals surface area contributed by atoms with E-state index in [2.05, 4.69) is 9.97 Å². The average Bonchev–Trinajstić information content (AvgIpc) is 3.06. The highest BCUT2D eigenvalue weighted by molar-refractivity contribution is 6.29. The predicted molar refractivity (Wildman–Crippen MR) is 93.7 cm³/mol. The molecule has 4 aromatic rings. The molecule has 2 aromatic carbocycles. The van der Waals surface area contributed by atoms with Gasteiger partial charge in [0.15, 0.2) is 5.58 Å². The molecule has 0 aliphatic heterocycles. The number of pyridine rings is 1. The van der Waals surface area contributed by atoms with Gasteiger partial charge in [-0.15, -0.1) is 0 Å². The van der Waals surface area contributed by atoms with E-state index in [1.807, 2.05) is 30.3 Å². The second-order valence-electron chi connectivity index (χ2n) is 5.27. The molecule has 0 N–H and O–H groups in total. The van der Waals surface area contributed by atoms with Gasteiger partial charge in [-0.3, -0.25) is 0 Å². The zero-order valence-corrected chi connectivity index (χ0v) is 13.6. The molecule has 0 amide bonds. The molecule has 0 bridgehead atoms. The van der Waals surface area contributed by atoms with Crippen LogP contribution in [0.1, 0.15) is 10.4 Å². The number of nitrogens with zero attached hydrogens (tertiary/aromatic N) is 2. The average molecular weight is 351 g/mol.